The molecule has 0 aromatic carbocycles. The molecule has 1 aromatic rings. The van der Waals surface area contributed by atoms with E-state index in [-0.39, 0.29) is 46.0 Å². The van der Waals surface area contributed by atoms with Crippen LogP contribution in [-0.4, -0.2) is 64.5 Å². The smallest absolute Gasteiger partial charge is 0.340 e. The number of aromatic amines is 1. The third-order valence-electron chi connectivity index (χ3n) is 9.45. The van der Waals surface area contributed by atoms with Crippen LogP contribution in [0.2, 0.25) is 0 Å². The summed E-state index contributed by atoms with van der Waals surface area (Å²) in [6.07, 6.45) is 2.14. The molecule has 6 rings (SSSR count). The van der Waals surface area contributed by atoms with Crippen LogP contribution in [0.4, 0.5) is 0 Å². The van der Waals surface area contributed by atoms with E-state index < -0.39 is 29.6 Å². The third kappa shape index (κ3) is 5.17. The Hall–Kier alpha value is -4.14. The van der Waals surface area contributed by atoms with Crippen molar-refractivity contribution >= 4 is 98.6 Å². The molecule has 5 aliphatic rings. The van der Waals surface area contributed by atoms with E-state index in [0.29, 0.717) is 59.5 Å². The van der Waals surface area contributed by atoms with Crippen LogP contribution in [0.25, 0.3) is 15.8 Å². The van der Waals surface area contributed by atoms with Gasteiger partial charge >= 0.3 is 17.9 Å². The number of nitrogens with zero attached hydrogens (tertiary/aromatic N) is 3. The van der Waals surface area contributed by atoms with Gasteiger partial charge in [-0.15, -0.1) is 0 Å². The zero-order valence-electron chi connectivity index (χ0n) is 27.9. The quantitative estimate of drug-likeness (QED) is 0.264. The summed E-state index contributed by atoms with van der Waals surface area (Å²) in [7, 11) is 2.42. The van der Waals surface area contributed by atoms with Gasteiger partial charge in [-0.2, -0.15) is 0 Å². The number of aliphatic imine (C=N–C) groups is 3. The van der Waals surface area contributed by atoms with Crippen molar-refractivity contribution in [1.29, 1.82) is 0 Å². The lowest BCUT2D eigenvalue weighted by Crippen LogP contribution is -2.29. The number of aliphatic carboxylic acids is 1. The molecule has 1 unspecified atom stereocenters. The van der Waals surface area contributed by atoms with Gasteiger partial charge in [-0.1, -0.05) is 19.6 Å². The van der Waals surface area contributed by atoms with Gasteiger partial charge in [0.2, 0.25) is 0 Å². The number of ether oxygens (including phenoxy) is 2. The lowest BCUT2D eigenvalue weighted by Gasteiger charge is -2.17. The molecule has 258 valence electrons. The number of methoxy groups -OCH3 is 2. The number of carboxylic acid groups (broad SMARTS) is 1. The third-order valence-corrected chi connectivity index (χ3v) is 11.7. The van der Waals surface area contributed by atoms with Gasteiger partial charge < -0.3 is 24.7 Å². The fourth-order valence-corrected chi connectivity index (χ4v) is 9.05. The number of aliphatic hydroxyl groups excluding tert-OH is 1. The number of hydrogen-bond donors (Lipinski definition) is 3. The van der Waals surface area contributed by atoms with Crippen LogP contribution in [0.1, 0.15) is 63.0 Å². The Labute approximate surface area is 312 Å². The van der Waals surface area contributed by atoms with Crippen LogP contribution in [0, 0.1) is 5.92 Å². The standard InChI is InChI=1S/C36H31Br3N4O7/c1-8-15-12(3)26-23(37)28-14(5)17(10-11-18(44)45)29(40-28)19-22(36(48)50-7)34(46)20-21(35(47)49-6)33(43-32(19)20)25(39)31-16(9-2)13(4)27(42-31)24(38)30(15)41-26/h8,22,43,46H,1,9-11H2,2-7H3,(H,44,45). The van der Waals surface area contributed by atoms with Gasteiger partial charge in [-0.3, -0.25) is 9.59 Å². The number of nitrogens with one attached hydrogen (secondary N) is 1. The number of carbonyl (C=O) groups is 3. The van der Waals surface area contributed by atoms with Crippen LogP contribution >= 0.6 is 47.8 Å². The molecule has 1 aromatic heterocycles. The Kier molecular flexibility index (Phi) is 9.42. The largest absolute Gasteiger partial charge is 0.510 e. The summed E-state index contributed by atoms with van der Waals surface area (Å²) in [6.45, 7) is 11.8. The van der Waals surface area contributed by atoms with E-state index in [1.807, 2.05) is 27.7 Å². The van der Waals surface area contributed by atoms with Crippen LogP contribution in [0.3, 0.4) is 0 Å². The summed E-state index contributed by atoms with van der Waals surface area (Å²) in [5, 5.41) is 21.9. The number of allylic oxidation sites excluding steroid dienone is 8. The number of halogens is 3. The van der Waals surface area contributed by atoms with Crippen LogP contribution in [0.15, 0.2) is 87.1 Å². The van der Waals surface area contributed by atoms with Crippen molar-refractivity contribution in [2.75, 3.05) is 14.2 Å². The molecule has 0 saturated carbocycles. The maximum atomic E-state index is 13.6. The molecule has 0 fully saturated rings. The minimum absolute atomic E-state index is 0.0257. The first-order chi connectivity index (χ1) is 23.7. The molecule has 14 heteroatoms. The monoisotopic (exact) mass is 868 g/mol. The fraction of sp³-hybridized carbons (Fsp3) is 0.278. The van der Waals surface area contributed by atoms with Crippen molar-refractivity contribution in [1.82, 2.24) is 4.98 Å². The maximum Gasteiger partial charge on any atom is 0.340 e. The maximum absolute atomic E-state index is 13.6. The lowest BCUT2D eigenvalue weighted by atomic mass is 9.89. The Bertz CT molecular complexity index is 2320. The number of H-pyrrole nitrogens is 1. The molecular formula is C36H31Br3N4O7. The van der Waals surface area contributed by atoms with Gasteiger partial charge in [0.1, 0.15) is 11.7 Å². The minimum atomic E-state index is -1.39. The number of esters is 2. The van der Waals surface area contributed by atoms with Gasteiger partial charge in [-0.05, 0) is 109 Å². The van der Waals surface area contributed by atoms with Crippen molar-refractivity contribution in [2.45, 2.75) is 47.0 Å². The number of hydrogen-bond acceptors (Lipinski definition) is 9. The van der Waals surface area contributed by atoms with Gasteiger partial charge in [0.15, 0.2) is 0 Å². The van der Waals surface area contributed by atoms with E-state index in [2.05, 4.69) is 59.4 Å². The number of aliphatic hydroxyl groups is 1. The normalized spacial score (nSPS) is 20.0. The molecule has 8 bridgehead atoms. The van der Waals surface area contributed by atoms with Gasteiger partial charge in [-0.25, -0.2) is 19.8 Å². The highest BCUT2D eigenvalue weighted by Gasteiger charge is 2.43. The number of rotatable bonds is 7. The number of carbonyl (C=O) groups excluding carboxylic acids is 2. The predicted octanol–water partition coefficient (Wildman–Crippen LogP) is 6.49. The highest BCUT2D eigenvalue weighted by Crippen LogP contribution is 2.45. The Balaban J connectivity index is 1.87. The van der Waals surface area contributed by atoms with E-state index in [0.717, 1.165) is 22.3 Å². The second kappa shape index (κ2) is 13.2. The summed E-state index contributed by atoms with van der Waals surface area (Å²) in [4.78, 5) is 57.4. The average molecular weight is 871 g/mol. The molecule has 0 radical (unpaired) electrons. The summed E-state index contributed by atoms with van der Waals surface area (Å²) in [5.74, 6) is -4.42. The Morgan fingerprint density at radius 1 is 0.880 bits per heavy atom. The number of carboxylic acids is 1. The van der Waals surface area contributed by atoms with Crippen LogP contribution in [0.5, 0.6) is 0 Å². The molecule has 4 aliphatic heterocycles. The molecule has 1 aliphatic carbocycles. The molecule has 3 N–H and O–H groups in total. The first-order valence-corrected chi connectivity index (χ1v) is 17.9. The second-order valence-electron chi connectivity index (χ2n) is 11.9. The van der Waals surface area contributed by atoms with Crippen molar-refractivity contribution < 1.29 is 34.1 Å². The first-order valence-electron chi connectivity index (χ1n) is 15.5. The van der Waals surface area contributed by atoms with Crippen molar-refractivity contribution in [3.63, 3.8) is 0 Å². The van der Waals surface area contributed by atoms with E-state index in [9.17, 15) is 24.6 Å². The van der Waals surface area contributed by atoms with Gasteiger partial charge in [0.25, 0.3) is 0 Å². The molecule has 0 amide bonds. The SMILES string of the molecule is C=CC1=C(C)C2=NC1=C(Br)C1=NC(=C(Br)c3[nH]c4c(c3C(=O)OC)=C(O)C(C(=O)OC)C=4C3=NC(=C2Br)C(C)=C3CCC(=O)O)C(CC)=C1C. The minimum Gasteiger partial charge on any atom is -0.510 e. The molecule has 11 nitrogen and oxygen atoms in total. The molecule has 0 spiro atoms. The van der Waals surface area contributed by atoms with Crippen molar-refractivity contribution in [3.05, 3.63) is 94.0 Å². The summed E-state index contributed by atoms with van der Waals surface area (Å²) in [6, 6.07) is 0. The van der Waals surface area contributed by atoms with E-state index >= 15 is 0 Å². The lowest BCUT2D eigenvalue weighted by molar-refractivity contribution is -0.142. The fourth-order valence-electron chi connectivity index (χ4n) is 6.96. The average Bonchev–Trinajstić information content (AvgIpc) is 3.87. The first kappa shape index (κ1) is 35.7. The highest BCUT2D eigenvalue weighted by atomic mass is 79.9. The zero-order valence-corrected chi connectivity index (χ0v) is 32.7. The summed E-state index contributed by atoms with van der Waals surface area (Å²) in [5.41, 5.74) is 8.12. The molecule has 50 heavy (non-hydrogen) atoms. The number of aromatic nitrogens is 1. The van der Waals surface area contributed by atoms with Crippen LogP contribution in [-0.2, 0) is 19.1 Å². The summed E-state index contributed by atoms with van der Waals surface area (Å²) < 4.78 is 12.0. The summed E-state index contributed by atoms with van der Waals surface area (Å²) >= 11 is 11.3. The molecule has 1 atom stereocenters. The van der Waals surface area contributed by atoms with Gasteiger partial charge in [0, 0.05) is 17.6 Å². The second-order valence-corrected chi connectivity index (χ2v) is 14.3. The van der Waals surface area contributed by atoms with E-state index in [1.165, 1.54) is 14.2 Å². The Morgan fingerprint density at radius 2 is 1.50 bits per heavy atom. The highest BCUT2D eigenvalue weighted by molar-refractivity contribution is 9.15. The predicted molar refractivity (Wildman–Crippen MR) is 202 cm³/mol. The topological polar surface area (TPSA) is 163 Å². The molecular weight excluding hydrogens is 840 g/mol. The van der Waals surface area contributed by atoms with E-state index in [1.54, 1.807) is 6.08 Å². The number of fused-ring (bicyclic) bond motifs is 5. The molecule has 5 heterocycles. The van der Waals surface area contributed by atoms with E-state index in [4.69, 9.17) is 24.5 Å². The Morgan fingerprint density at radius 3 is 2.10 bits per heavy atom. The van der Waals surface area contributed by atoms with Gasteiger partial charge in [0.05, 0.1) is 83.7 Å². The zero-order chi connectivity index (χ0) is 36.5. The molecule has 0 saturated heterocycles. The van der Waals surface area contributed by atoms with Crippen molar-refractivity contribution in [3.8, 4) is 0 Å². The van der Waals surface area contributed by atoms with Crippen molar-refractivity contribution in [2.24, 2.45) is 20.9 Å². The van der Waals surface area contributed by atoms with Crippen LogP contribution < -0.4 is 10.6 Å².